The van der Waals surface area contributed by atoms with E-state index in [4.69, 9.17) is 25.8 Å². The second-order valence-corrected chi connectivity index (χ2v) is 8.61. The Morgan fingerprint density at radius 2 is 2.03 bits per heavy atom. The van der Waals surface area contributed by atoms with Crippen LogP contribution >= 0.6 is 11.6 Å². The first-order valence-corrected chi connectivity index (χ1v) is 9.87. The fraction of sp³-hybridized carbons (Fsp3) is 0.429. The molecule has 29 heavy (non-hydrogen) atoms. The number of fused-ring (bicyclic) bond motifs is 3. The lowest BCUT2D eigenvalue weighted by Gasteiger charge is -2.46. The summed E-state index contributed by atoms with van der Waals surface area (Å²) in [6.07, 6.45) is 1.22. The van der Waals surface area contributed by atoms with Crippen LogP contribution in [-0.2, 0) is 4.74 Å². The van der Waals surface area contributed by atoms with Crippen molar-refractivity contribution >= 4 is 17.6 Å². The van der Waals surface area contributed by atoms with Gasteiger partial charge in [0.1, 0.15) is 23.2 Å². The predicted molar refractivity (Wildman–Crippen MR) is 105 cm³/mol. The molecule has 3 aliphatic rings. The maximum absolute atomic E-state index is 13.1. The van der Waals surface area contributed by atoms with Gasteiger partial charge in [-0.3, -0.25) is 4.79 Å². The molecule has 1 unspecified atom stereocenters. The van der Waals surface area contributed by atoms with Crippen LogP contribution in [0.4, 0.5) is 0 Å². The predicted octanol–water partition coefficient (Wildman–Crippen LogP) is 3.68. The third-order valence-corrected chi connectivity index (χ3v) is 6.23. The number of pyridine rings is 1. The molecule has 1 saturated carbocycles. The molecule has 2 aliphatic heterocycles. The van der Waals surface area contributed by atoms with E-state index in [1.807, 2.05) is 6.92 Å². The zero-order valence-corrected chi connectivity index (χ0v) is 16.8. The lowest BCUT2D eigenvalue weighted by molar-refractivity contribution is -0.156. The molecule has 0 bridgehead atoms. The first-order chi connectivity index (χ1) is 13.8. The summed E-state index contributed by atoms with van der Waals surface area (Å²) in [6.45, 7) is 3.01. The van der Waals surface area contributed by atoms with Crippen molar-refractivity contribution < 1.29 is 24.1 Å². The first-order valence-electron chi connectivity index (χ1n) is 9.49. The standard InChI is InChI=1S/C21H20ClNO6/c1-21(8-28-9-21)18-12-5-13(20(25)26)19(24)23(10-3-4-10)17(12)11-6-14(22)16(27-2)7-15(11)29-18/h5-7,10,18H,3-4,8-9H2,1-2H3,(H,25,26). The number of rotatable bonds is 4. The number of benzene rings is 1. The molecule has 1 saturated heterocycles. The topological polar surface area (TPSA) is 87.0 Å². The SMILES string of the molecule is COc1cc2c(cc1Cl)-c1c(cc(C(=O)O)c(=O)n1C1CC1)C(C1(C)COC1)O2. The van der Waals surface area contributed by atoms with Crippen LogP contribution < -0.4 is 15.0 Å². The van der Waals surface area contributed by atoms with Crippen molar-refractivity contribution in [3.8, 4) is 22.8 Å². The van der Waals surface area contributed by atoms with Crippen LogP contribution in [0.2, 0.25) is 5.02 Å². The minimum Gasteiger partial charge on any atom is -0.495 e. The molecule has 0 radical (unpaired) electrons. The van der Waals surface area contributed by atoms with Gasteiger partial charge in [0.15, 0.2) is 0 Å². The molecule has 1 atom stereocenters. The van der Waals surface area contributed by atoms with Gasteiger partial charge in [0.2, 0.25) is 0 Å². The van der Waals surface area contributed by atoms with Gasteiger partial charge in [-0.2, -0.15) is 0 Å². The third-order valence-electron chi connectivity index (χ3n) is 5.94. The molecule has 5 rings (SSSR count). The molecule has 3 heterocycles. The molecule has 2 fully saturated rings. The average molecular weight is 418 g/mol. The summed E-state index contributed by atoms with van der Waals surface area (Å²) in [5.41, 5.74) is 0.982. The molecule has 8 heteroatoms. The monoisotopic (exact) mass is 417 g/mol. The van der Waals surface area contributed by atoms with Crippen molar-refractivity contribution in [2.75, 3.05) is 20.3 Å². The highest BCUT2D eigenvalue weighted by Gasteiger charge is 2.48. The van der Waals surface area contributed by atoms with Crippen molar-refractivity contribution in [1.82, 2.24) is 4.57 Å². The molecule has 1 N–H and O–H groups in total. The molecule has 1 aliphatic carbocycles. The second-order valence-electron chi connectivity index (χ2n) is 8.20. The summed E-state index contributed by atoms with van der Waals surface area (Å²) in [4.78, 5) is 24.9. The van der Waals surface area contributed by atoms with Crippen LogP contribution in [0.1, 0.15) is 47.8 Å². The van der Waals surface area contributed by atoms with E-state index in [0.717, 1.165) is 12.8 Å². The minimum absolute atomic E-state index is 0.0199. The molecular weight excluding hydrogens is 398 g/mol. The number of aromatic nitrogens is 1. The Hall–Kier alpha value is -2.51. The van der Waals surface area contributed by atoms with E-state index in [0.29, 0.717) is 46.6 Å². The van der Waals surface area contributed by atoms with Crippen molar-refractivity contribution in [2.45, 2.75) is 31.9 Å². The Kier molecular flexibility index (Phi) is 3.98. The van der Waals surface area contributed by atoms with Gasteiger partial charge < -0.3 is 23.9 Å². The van der Waals surface area contributed by atoms with Gasteiger partial charge in [0, 0.05) is 23.2 Å². The molecule has 152 valence electrons. The number of hydrogen-bond acceptors (Lipinski definition) is 5. The number of carbonyl (C=O) groups is 1. The number of carboxylic acids is 1. The number of ether oxygens (including phenoxy) is 3. The van der Waals surface area contributed by atoms with E-state index < -0.39 is 17.6 Å². The van der Waals surface area contributed by atoms with Gasteiger partial charge in [-0.25, -0.2) is 4.79 Å². The second kappa shape index (κ2) is 6.24. The molecule has 0 spiro atoms. The van der Waals surface area contributed by atoms with Crippen LogP contribution in [0.25, 0.3) is 11.3 Å². The van der Waals surface area contributed by atoms with E-state index in [9.17, 15) is 14.7 Å². The number of carboxylic acid groups (broad SMARTS) is 1. The van der Waals surface area contributed by atoms with Gasteiger partial charge >= 0.3 is 5.97 Å². The van der Waals surface area contributed by atoms with E-state index >= 15 is 0 Å². The third kappa shape index (κ3) is 2.68. The fourth-order valence-corrected chi connectivity index (χ4v) is 4.47. The fourth-order valence-electron chi connectivity index (χ4n) is 4.23. The average Bonchev–Trinajstić information content (AvgIpc) is 3.49. The smallest absolute Gasteiger partial charge is 0.341 e. The van der Waals surface area contributed by atoms with E-state index in [-0.39, 0.29) is 17.0 Å². The zero-order valence-electron chi connectivity index (χ0n) is 16.0. The molecule has 1 aromatic carbocycles. The van der Waals surface area contributed by atoms with Gasteiger partial charge in [0.05, 0.1) is 36.5 Å². The summed E-state index contributed by atoms with van der Waals surface area (Å²) in [5, 5.41) is 10.0. The Morgan fingerprint density at radius 1 is 1.31 bits per heavy atom. The van der Waals surface area contributed by atoms with Crippen molar-refractivity contribution in [1.29, 1.82) is 0 Å². The Balaban J connectivity index is 1.85. The number of methoxy groups -OCH3 is 1. The summed E-state index contributed by atoms with van der Waals surface area (Å²) < 4.78 is 18.8. The zero-order chi connectivity index (χ0) is 20.5. The van der Waals surface area contributed by atoms with Crippen molar-refractivity contribution in [3.63, 3.8) is 0 Å². The first kappa shape index (κ1) is 18.5. The largest absolute Gasteiger partial charge is 0.495 e. The number of halogens is 1. The van der Waals surface area contributed by atoms with Gasteiger partial charge in [-0.05, 0) is 25.0 Å². The normalized spacial score (nSPS) is 21.4. The van der Waals surface area contributed by atoms with E-state index in [1.54, 1.807) is 16.7 Å². The maximum Gasteiger partial charge on any atom is 0.341 e. The quantitative estimate of drug-likeness (QED) is 0.816. The van der Waals surface area contributed by atoms with Crippen molar-refractivity contribution in [2.24, 2.45) is 5.41 Å². The Bertz CT molecular complexity index is 1100. The van der Waals surface area contributed by atoms with Gasteiger partial charge in [0.25, 0.3) is 5.56 Å². The number of nitrogens with zero attached hydrogens (tertiary/aromatic N) is 1. The lowest BCUT2D eigenvalue weighted by Crippen LogP contribution is -2.48. The highest BCUT2D eigenvalue weighted by molar-refractivity contribution is 6.32. The van der Waals surface area contributed by atoms with Crippen LogP contribution in [0.15, 0.2) is 23.0 Å². The van der Waals surface area contributed by atoms with Gasteiger partial charge in [-0.15, -0.1) is 0 Å². The Labute approximate surface area is 171 Å². The van der Waals surface area contributed by atoms with Crippen LogP contribution in [-0.4, -0.2) is 36.0 Å². The van der Waals surface area contributed by atoms with Gasteiger partial charge in [-0.1, -0.05) is 18.5 Å². The highest BCUT2D eigenvalue weighted by atomic mass is 35.5. The maximum atomic E-state index is 13.1. The van der Waals surface area contributed by atoms with Crippen LogP contribution in [0.5, 0.6) is 11.5 Å². The van der Waals surface area contributed by atoms with Crippen molar-refractivity contribution in [3.05, 3.63) is 44.7 Å². The minimum atomic E-state index is -1.24. The van der Waals surface area contributed by atoms with Crippen LogP contribution in [0, 0.1) is 5.41 Å². The number of aromatic carboxylic acids is 1. The summed E-state index contributed by atoms with van der Waals surface area (Å²) >= 11 is 6.38. The summed E-state index contributed by atoms with van der Waals surface area (Å²) in [6, 6.07) is 4.90. The molecule has 7 nitrogen and oxygen atoms in total. The Morgan fingerprint density at radius 3 is 2.59 bits per heavy atom. The van der Waals surface area contributed by atoms with E-state index in [1.165, 1.54) is 13.2 Å². The van der Waals surface area contributed by atoms with E-state index in [2.05, 4.69) is 0 Å². The molecule has 2 aromatic rings. The summed E-state index contributed by atoms with van der Waals surface area (Å²) in [7, 11) is 1.53. The van der Waals surface area contributed by atoms with Crippen LogP contribution in [0.3, 0.4) is 0 Å². The summed E-state index contributed by atoms with van der Waals surface area (Å²) in [5.74, 6) is -0.196. The molecule has 1 aromatic heterocycles. The highest BCUT2D eigenvalue weighted by Crippen LogP contribution is 2.54. The lowest BCUT2D eigenvalue weighted by atomic mass is 9.76. The molecule has 0 amide bonds. The number of hydrogen-bond donors (Lipinski definition) is 1. The molecular formula is C21H20ClNO6.